The first-order valence-electron chi connectivity index (χ1n) is 5.49. The highest BCUT2D eigenvalue weighted by atomic mass is 15.5. The minimum atomic E-state index is 0.724. The third-order valence-corrected chi connectivity index (χ3v) is 2.79. The zero-order chi connectivity index (χ0) is 11.7. The molecular formula is C11H12N6. The standard InChI is InChI=1S/C11H12N6/c1-8-12-9-4-2-3-5-10(9)17(8)7-6-11-13-15-16-14-11/h2-5H,6-7H2,1H3,(H,13,14,15,16). The van der Waals surface area contributed by atoms with E-state index in [1.165, 1.54) is 0 Å². The van der Waals surface area contributed by atoms with Gasteiger partial charge in [-0.3, -0.25) is 0 Å². The lowest BCUT2D eigenvalue weighted by Crippen LogP contribution is -2.04. The van der Waals surface area contributed by atoms with Crippen LogP contribution in [0.4, 0.5) is 0 Å². The van der Waals surface area contributed by atoms with Gasteiger partial charge in [0.2, 0.25) is 0 Å². The Bertz CT molecular complexity index is 625. The van der Waals surface area contributed by atoms with E-state index >= 15 is 0 Å². The maximum atomic E-state index is 4.51. The number of hydrogen-bond donors (Lipinski definition) is 1. The zero-order valence-corrected chi connectivity index (χ0v) is 9.46. The molecule has 6 nitrogen and oxygen atoms in total. The summed E-state index contributed by atoms with van der Waals surface area (Å²) in [6.07, 6.45) is 0.748. The zero-order valence-electron chi connectivity index (χ0n) is 9.46. The lowest BCUT2D eigenvalue weighted by atomic mass is 10.3. The van der Waals surface area contributed by atoms with Crippen molar-refractivity contribution in [3.05, 3.63) is 35.9 Å². The maximum absolute atomic E-state index is 4.51. The van der Waals surface area contributed by atoms with E-state index < -0.39 is 0 Å². The average Bonchev–Trinajstić information content (AvgIpc) is 2.93. The molecular weight excluding hydrogens is 216 g/mol. The molecule has 86 valence electrons. The number of nitrogens with zero attached hydrogens (tertiary/aromatic N) is 5. The Morgan fingerprint density at radius 2 is 2.18 bits per heavy atom. The van der Waals surface area contributed by atoms with Gasteiger partial charge in [-0.15, -0.1) is 10.2 Å². The van der Waals surface area contributed by atoms with E-state index in [1.807, 2.05) is 25.1 Å². The minimum absolute atomic E-state index is 0.724. The van der Waals surface area contributed by atoms with Crippen molar-refractivity contribution in [3.8, 4) is 0 Å². The van der Waals surface area contributed by atoms with Gasteiger partial charge < -0.3 is 4.57 Å². The number of aromatic nitrogens is 6. The largest absolute Gasteiger partial charge is 0.328 e. The molecule has 0 radical (unpaired) electrons. The lowest BCUT2D eigenvalue weighted by molar-refractivity contribution is 0.669. The third-order valence-electron chi connectivity index (χ3n) is 2.79. The molecule has 0 amide bonds. The predicted octanol–water partition coefficient (Wildman–Crippen LogP) is 1.10. The fourth-order valence-corrected chi connectivity index (χ4v) is 1.98. The number of para-hydroxylation sites is 2. The molecule has 17 heavy (non-hydrogen) atoms. The van der Waals surface area contributed by atoms with E-state index in [1.54, 1.807) is 0 Å². The van der Waals surface area contributed by atoms with Crippen LogP contribution in [0.1, 0.15) is 11.6 Å². The number of fused-ring (bicyclic) bond motifs is 1. The van der Waals surface area contributed by atoms with Gasteiger partial charge >= 0.3 is 0 Å². The Balaban J connectivity index is 1.92. The first-order valence-corrected chi connectivity index (χ1v) is 5.49. The number of tetrazole rings is 1. The van der Waals surface area contributed by atoms with Crippen LogP contribution < -0.4 is 0 Å². The summed E-state index contributed by atoms with van der Waals surface area (Å²) in [5.41, 5.74) is 2.17. The fraction of sp³-hybridized carbons (Fsp3) is 0.273. The van der Waals surface area contributed by atoms with Crippen LogP contribution in [0.5, 0.6) is 0 Å². The molecule has 0 saturated carbocycles. The molecule has 3 aromatic rings. The van der Waals surface area contributed by atoms with E-state index in [9.17, 15) is 0 Å². The second kappa shape index (κ2) is 3.97. The molecule has 6 heteroatoms. The van der Waals surface area contributed by atoms with Crippen LogP contribution in [-0.2, 0) is 13.0 Å². The van der Waals surface area contributed by atoms with Crippen LogP contribution in [0.2, 0.25) is 0 Å². The number of hydrogen-bond acceptors (Lipinski definition) is 4. The van der Waals surface area contributed by atoms with Crippen LogP contribution in [0.15, 0.2) is 24.3 Å². The number of nitrogens with one attached hydrogen (secondary N) is 1. The van der Waals surface area contributed by atoms with E-state index in [0.717, 1.165) is 35.6 Å². The highest BCUT2D eigenvalue weighted by Crippen LogP contribution is 2.15. The van der Waals surface area contributed by atoms with Gasteiger partial charge in [-0.25, -0.2) is 4.98 Å². The van der Waals surface area contributed by atoms with Crippen LogP contribution >= 0.6 is 0 Å². The number of imidazole rings is 1. The van der Waals surface area contributed by atoms with E-state index in [-0.39, 0.29) is 0 Å². The number of rotatable bonds is 3. The monoisotopic (exact) mass is 228 g/mol. The molecule has 0 atom stereocenters. The predicted molar refractivity (Wildman–Crippen MR) is 62.4 cm³/mol. The highest BCUT2D eigenvalue weighted by molar-refractivity contribution is 5.75. The van der Waals surface area contributed by atoms with Crippen LogP contribution in [0, 0.1) is 6.92 Å². The minimum Gasteiger partial charge on any atom is -0.328 e. The van der Waals surface area contributed by atoms with Crippen LogP contribution in [-0.4, -0.2) is 30.2 Å². The average molecular weight is 228 g/mol. The lowest BCUT2D eigenvalue weighted by Gasteiger charge is -2.04. The quantitative estimate of drug-likeness (QED) is 0.728. The maximum Gasteiger partial charge on any atom is 0.176 e. The van der Waals surface area contributed by atoms with Crippen molar-refractivity contribution in [2.45, 2.75) is 19.9 Å². The smallest absolute Gasteiger partial charge is 0.176 e. The first-order chi connectivity index (χ1) is 8.34. The Hall–Kier alpha value is -2.24. The van der Waals surface area contributed by atoms with Crippen LogP contribution in [0.3, 0.4) is 0 Å². The molecule has 0 spiro atoms. The molecule has 2 heterocycles. The topological polar surface area (TPSA) is 72.3 Å². The highest BCUT2D eigenvalue weighted by Gasteiger charge is 2.07. The molecule has 1 N–H and O–H groups in total. The van der Waals surface area contributed by atoms with Crippen molar-refractivity contribution in [2.24, 2.45) is 0 Å². The molecule has 0 aliphatic rings. The molecule has 2 aromatic heterocycles. The Morgan fingerprint density at radius 3 is 3.00 bits per heavy atom. The molecule has 0 bridgehead atoms. The van der Waals surface area contributed by atoms with Gasteiger partial charge in [0.15, 0.2) is 5.82 Å². The normalized spacial score (nSPS) is 11.1. The van der Waals surface area contributed by atoms with Gasteiger partial charge in [0.05, 0.1) is 11.0 Å². The molecule has 1 aromatic carbocycles. The second-order valence-electron chi connectivity index (χ2n) is 3.88. The Labute approximate surface area is 97.7 Å². The van der Waals surface area contributed by atoms with Crippen molar-refractivity contribution >= 4 is 11.0 Å². The summed E-state index contributed by atoms with van der Waals surface area (Å²) in [6.45, 7) is 2.82. The summed E-state index contributed by atoms with van der Waals surface area (Å²) in [5.74, 6) is 1.73. The van der Waals surface area contributed by atoms with Gasteiger partial charge in [-0.1, -0.05) is 17.3 Å². The van der Waals surface area contributed by atoms with E-state index in [4.69, 9.17) is 0 Å². The summed E-state index contributed by atoms with van der Waals surface area (Å²) in [7, 11) is 0. The summed E-state index contributed by atoms with van der Waals surface area (Å²) in [4.78, 5) is 4.51. The summed E-state index contributed by atoms with van der Waals surface area (Å²) in [5, 5.41) is 13.9. The van der Waals surface area contributed by atoms with Crippen molar-refractivity contribution in [1.82, 2.24) is 30.2 Å². The van der Waals surface area contributed by atoms with E-state index in [0.29, 0.717) is 0 Å². The number of aromatic amines is 1. The van der Waals surface area contributed by atoms with Gasteiger partial charge in [0, 0.05) is 13.0 Å². The molecule has 0 aliphatic heterocycles. The Morgan fingerprint density at radius 1 is 1.29 bits per heavy atom. The number of H-pyrrole nitrogens is 1. The summed E-state index contributed by atoms with van der Waals surface area (Å²) in [6, 6.07) is 8.12. The molecule has 0 aliphatic carbocycles. The van der Waals surface area contributed by atoms with Gasteiger partial charge in [0.1, 0.15) is 5.82 Å². The van der Waals surface area contributed by atoms with E-state index in [2.05, 4.69) is 36.2 Å². The fourth-order valence-electron chi connectivity index (χ4n) is 1.98. The van der Waals surface area contributed by atoms with Crippen molar-refractivity contribution in [2.75, 3.05) is 0 Å². The SMILES string of the molecule is Cc1nc2ccccc2n1CCc1nn[nH]n1. The van der Waals surface area contributed by atoms with Crippen molar-refractivity contribution in [1.29, 1.82) is 0 Å². The number of aryl methyl sites for hydroxylation is 3. The molecule has 0 unspecified atom stereocenters. The van der Waals surface area contributed by atoms with Crippen molar-refractivity contribution < 1.29 is 0 Å². The first kappa shape index (κ1) is 9.95. The number of benzene rings is 1. The second-order valence-corrected chi connectivity index (χ2v) is 3.88. The molecule has 0 fully saturated rings. The van der Waals surface area contributed by atoms with Crippen molar-refractivity contribution in [3.63, 3.8) is 0 Å². The van der Waals surface area contributed by atoms with Gasteiger partial charge in [0.25, 0.3) is 0 Å². The van der Waals surface area contributed by atoms with Crippen LogP contribution in [0.25, 0.3) is 11.0 Å². The summed E-state index contributed by atoms with van der Waals surface area (Å²) < 4.78 is 2.17. The molecule has 0 saturated heterocycles. The van der Waals surface area contributed by atoms with Gasteiger partial charge in [-0.2, -0.15) is 5.21 Å². The third kappa shape index (κ3) is 1.77. The Kier molecular flexibility index (Phi) is 2.32. The van der Waals surface area contributed by atoms with Gasteiger partial charge in [-0.05, 0) is 19.1 Å². The molecule has 3 rings (SSSR count). The summed E-state index contributed by atoms with van der Waals surface area (Å²) >= 11 is 0.